The highest BCUT2D eigenvalue weighted by atomic mass is 16.5. The van der Waals surface area contributed by atoms with Crippen LogP contribution in [0.5, 0.6) is 0 Å². The van der Waals surface area contributed by atoms with E-state index in [0.29, 0.717) is 12.0 Å². The van der Waals surface area contributed by atoms with Gasteiger partial charge in [-0.1, -0.05) is 13.8 Å². The molecule has 0 saturated carbocycles. The molecule has 0 radical (unpaired) electrons. The highest BCUT2D eigenvalue weighted by Gasteiger charge is 2.31. The van der Waals surface area contributed by atoms with Gasteiger partial charge in [-0.3, -0.25) is 15.1 Å². The number of amides is 1. The van der Waals surface area contributed by atoms with Gasteiger partial charge in [0.15, 0.2) is 0 Å². The molecule has 3 N–H and O–H groups in total. The fourth-order valence-electron chi connectivity index (χ4n) is 2.35. The minimum Gasteiger partial charge on any atom is -0.364 e. The lowest BCUT2D eigenvalue weighted by atomic mass is 10.1. The van der Waals surface area contributed by atoms with Crippen molar-refractivity contribution in [1.82, 2.24) is 10.3 Å². The number of rotatable bonds is 6. The molecule has 5 nitrogen and oxygen atoms in total. The fourth-order valence-corrected chi connectivity index (χ4v) is 2.35. The zero-order chi connectivity index (χ0) is 13.7. The Labute approximate surface area is 110 Å². The Morgan fingerprint density at radius 3 is 2.56 bits per heavy atom. The molecule has 106 valence electrons. The van der Waals surface area contributed by atoms with Crippen LogP contribution in [0.4, 0.5) is 0 Å². The predicted octanol–water partition coefficient (Wildman–Crippen LogP) is 0.890. The molecular formula is C13H27N3O2. The number of nitrogens with one attached hydrogen (secondary N) is 1. The Balaban J connectivity index is 2.44. The Kier molecular flexibility index (Phi) is 6.05. The molecule has 2 atom stereocenters. The van der Waals surface area contributed by atoms with Crippen molar-refractivity contribution in [3.05, 3.63) is 0 Å². The second-order valence-corrected chi connectivity index (χ2v) is 5.77. The predicted molar refractivity (Wildman–Crippen MR) is 71.8 cm³/mol. The van der Waals surface area contributed by atoms with Crippen molar-refractivity contribution in [3.8, 4) is 0 Å². The van der Waals surface area contributed by atoms with Crippen LogP contribution in [0.25, 0.3) is 0 Å². The van der Waals surface area contributed by atoms with Gasteiger partial charge >= 0.3 is 0 Å². The topological polar surface area (TPSA) is 67.6 Å². The summed E-state index contributed by atoms with van der Waals surface area (Å²) in [4.78, 5) is 13.8. The first-order valence-electron chi connectivity index (χ1n) is 6.84. The highest BCUT2D eigenvalue weighted by Crippen LogP contribution is 2.21. The first-order chi connectivity index (χ1) is 8.43. The van der Waals surface area contributed by atoms with Gasteiger partial charge < -0.3 is 4.74 Å². The molecule has 0 aromatic heterocycles. The number of carbonyl (C=O) groups is 1. The van der Waals surface area contributed by atoms with Crippen LogP contribution >= 0.6 is 0 Å². The smallest absolute Gasteiger partial charge is 0.263 e. The van der Waals surface area contributed by atoms with E-state index in [1.807, 2.05) is 0 Å². The van der Waals surface area contributed by atoms with Gasteiger partial charge in [-0.2, -0.15) is 0 Å². The number of nitrogens with zero attached hydrogens (tertiary/aromatic N) is 1. The van der Waals surface area contributed by atoms with Crippen molar-refractivity contribution in [2.45, 2.75) is 58.8 Å². The number of carbonyl (C=O) groups excluding carboxylic acids is 1. The number of ether oxygens (including phenoxy) is 1. The molecule has 5 heteroatoms. The van der Waals surface area contributed by atoms with E-state index in [9.17, 15) is 4.79 Å². The van der Waals surface area contributed by atoms with Gasteiger partial charge in [0, 0.05) is 19.1 Å². The molecule has 1 aliphatic rings. The first-order valence-corrected chi connectivity index (χ1v) is 6.84. The zero-order valence-electron chi connectivity index (χ0n) is 12.0. The van der Waals surface area contributed by atoms with Crippen LogP contribution in [-0.2, 0) is 9.53 Å². The van der Waals surface area contributed by atoms with Gasteiger partial charge in [0.1, 0.15) is 6.10 Å². The maximum Gasteiger partial charge on any atom is 0.263 e. The normalized spacial score (nSPS) is 24.2. The lowest BCUT2D eigenvalue weighted by Crippen LogP contribution is -2.42. The lowest BCUT2D eigenvalue weighted by Gasteiger charge is -2.30. The summed E-state index contributed by atoms with van der Waals surface area (Å²) in [5.74, 6) is 5.55. The van der Waals surface area contributed by atoms with Crippen molar-refractivity contribution < 1.29 is 9.53 Å². The van der Waals surface area contributed by atoms with E-state index in [0.717, 1.165) is 25.9 Å². The molecule has 1 aliphatic heterocycles. The maximum absolute atomic E-state index is 11.4. The van der Waals surface area contributed by atoms with E-state index in [2.05, 4.69) is 38.0 Å². The molecule has 0 bridgehead atoms. The second kappa shape index (κ2) is 7.07. The Bertz CT molecular complexity index is 269. The Morgan fingerprint density at radius 1 is 1.39 bits per heavy atom. The molecule has 2 unspecified atom stereocenters. The fraction of sp³-hybridized carbons (Fsp3) is 0.923. The first kappa shape index (κ1) is 15.4. The van der Waals surface area contributed by atoms with Gasteiger partial charge in [-0.05, 0) is 32.6 Å². The van der Waals surface area contributed by atoms with E-state index in [1.54, 1.807) is 0 Å². The molecule has 1 saturated heterocycles. The van der Waals surface area contributed by atoms with Crippen LogP contribution in [0.2, 0.25) is 0 Å². The minimum absolute atomic E-state index is 0.147. The summed E-state index contributed by atoms with van der Waals surface area (Å²) < 4.78 is 5.74. The molecule has 1 amide bonds. The largest absolute Gasteiger partial charge is 0.364 e. The molecule has 1 rings (SSSR count). The summed E-state index contributed by atoms with van der Waals surface area (Å²) >= 11 is 0. The van der Waals surface area contributed by atoms with E-state index >= 15 is 0 Å². The molecule has 1 fully saturated rings. The molecule has 0 aromatic rings. The molecule has 0 aliphatic carbocycles. The van der Waals surface area contributed by atoms with Gasteiger partial charge in [0.25, 0.3) is 5.91 Å². The summed E-state index contributed by atoms with van der Waals surface area (Å²) in [6.07, 6.45) is 1.47. The van der Waals surface area contributed by atoms with Crippen molar-refractivity contribution >= 4 is 5.91 Å². The summed E-state index contributed by atoms with van der Waals surface area (Å²) in [5, 5.41) is 0. The van der Waals surface area contributed by atoms with Crippen molar-refractivity contribution in [2.24, 2.45) is 11.8 Å². The number of hydrazine groups is 1. The third-order valence-corrected chi connectivity index (χ3v) is 3.31. The van der Waals surface area contributed by atoms with Gasteiger partial charge in [-0.25, -0.2) is 5.84 Å². The van der Waals surface area contributed by atoms with Crippen LogP contribution in [0, 0.1) is 5.92 Å². The quantitative estimate of drug-likeness (QED) is 0.421. The van der Waals surface area contributed by atoms with Gasteiger partial charge in [0.2, 0.25) is 0 Å². The monoisotopic (exact) mass is 257 g/mol. The highest BCUT2D eigenvalue weighted by molar-refractivity contribution is 5.80. The molecule has 0 spiro atoms. The maximum atomic E-state index is 11.4. The van der Waals surface area contributed by atoms with Gasteiger partial charge in [-0.15, -0.1) is 0 Å². The Hall–Kier alpha value is -0.650. The third kappa shape index (κ3) is 4.55. The summed E-state index contributed by atoms with van der Waals surface area (Å²) in [6.45, 7) is 10.8. The average molecular weight is 257 g/mol. The SMILES string of the molecule is CC(C)CN(CC1CCC(C(=O)NN)O1)C(C)C. The summed E-state index contributed by atoms with van der Waals surface area (Å²) in [7, 11) is 0. The van der Waals surface area contributed by atoms with Crippen LogP contribution in [0.3, 0.4) is 0 Å². The van der Waals surface area contributed by atoms with Crippen molar-refractivity contribution in [2.75, 3.05) is 13.1 Å². The average Bonchev–Trinajstić information content (AvgIpc) is 2.75. The number of hydrogen-bond acceptors (Lipinski definition) is 4. The summed E-state index contributed by atoms with van der Waals surface area (Å²) in [5.41, 5.74) is 2.16. The second-order valence-electron chi connectivity index (χ2n) is 5.77. The van der Waals surface area contributed by atoms with E-state index in [-0.39, 0.29) is 18.1 Å². The van der Waals surface area contributed by atoms with Crippen molar-refractivity contribution in [3.63, 3.8) is 0 Å². The van der Waals surface area contributed by atoms with Crippen LogP contribution in [0.1, 0.15) is 40.5 Å². The lowest BCUT2D eigenvalue weighted by molar-refractivity contribution is -0.132. The third-order valence-electron chi connectivity index (χ3n) is 3.31. The van der Waals surface area contributed by atoms with Crippen LogP contribution in [-0.4, -0.2) is 42.1 Å². The standard InChI is InChI=1S/C13H27N3O2/c1-9(2)7-16(10(3)4)8-11-5-6-12(18-11)13(17)15-14/h9-12H,5-8,14H2,1-4H3,(H,15,17). The molecular weight excluding hydrogens is 230 g/mol. The molecule has 1 heterocycles. The van der Waals surface area contributed by atoms with Gasteiger partial charge in [0.05, 0.1) is 6.10 Å². The molecule has 0 aromatic carbocycles. The molecule has 18 heavy (non-hydrogen) atoms. The van der Waals surface area contributed by atoms with Crippen LogP contribution < -0.4 is 11.3 Å². The number of hydrogen-bond donors (Lipinski definition) is 2. The van der Waals surface area contributed by atoms with Crippen LogP contribution in [0.15, 0.2) is 0 Å². The van der Waals surface area contributed by atoms with E-state index in [1.165, 1.54) is 0 Å². The zero-order valence-corrected chi connectivity index (χ0v) is 12.0. The van der Waals surface area contributed by atoms with Crippen molar-refractivity contribution in [1.29, 1.82) is 0 Å². The summed E-state index contributed by atoms with van der Waals surface area (Å²) in [6, 6.07) is 0.499. The van der Waals surface area contributed by atoms with E-state index in [4.69, 9.17) is 10.6 Å². The van der Waals surface area contributed by atoms with E-state index < -0.39 is 0 Å². The Morgan fingerprint density at radius 2 is 2.06 bits per heavy atom. The minimum atomic E-state index is -0.368. The number of nitrogens with two attached hydrogens (primary N) is 1.